The molecule has 0 aliphatic rings. The Morgan fingerprint density at radius 2 is 1.25 bits per heavy atom. The van der Waals surface area contributed by atoms with E-state index in [-0.39, 0.29) is 0 Å². The lowest BCUT2D eigenvalue weighted by Crippen LogP contribution is -2.21. The van der Waals surface area contributed by atoms with E-state index < -0.39 is 0 Å². The van der Waals surface area contributed by atoms with Gasteiger partial charge in [-0.25, -0.2) is 0 Å². The molecule has 0 saturated carbocycles. The minimum absolute atomic E-state index is 0.842. The first kappa shape index (κ1) is 16.1. The van der Waals surface area contributed by atoms with E-state index in [1.807, 2.05) is 60.7 Å². The standard InChI is InChI=1S/C21H22N2O/c1-3-7-18(8-4-1)17-22-15-16-23-19-11-13-21(14-12-19)24-20-9-5-2-6-10-20/h1-14,22-23H,15-17H2. The minimum Gasteiger partial charge on any atom is -0.457 e. The predicted octanol–water partition coefficient (Wildman–Crippen LogP) is 4.68. The van der Waals surface area contributed by atoms with Gasteiger partial charge in [-0.15, -0.1) is 0 Å². The fourth-order valence-corrected chi connectivity index (χ4v) is 2.39. The van der Waals surface area contributed by atoms with E-state index in [1.54, 1.807) is 0 Å². The predicted molar refractivity (Wildman–Crippen MR) is 99.6 cm³/mol. The summed E-state index contributed by atoms with van der Waals surface area (Å²) in [6.07, 6.45) is 0. The topological polar surface area (TPSA) is 33.3 Å². The zero-order valence-electron chi connectivity index (χ0n) is 13.6. The summed E-state index contributed by atoms with van der Waals surface area (Å²) in [5.41, 5.74) is 2.40. The number of benzene rings is 3. The van der Waals surface area contributed by atoms with Crippen LogP contribution >= 0.6 is 0 Å². The summed E-state index contributed by atoms with van der Waals surface area (Å²) in [4.78, 5) is 0. The maximum Gasteiger partial charge on any atom is 0.127 e. The third-order valence-corrected chi connectivity index (χ3v) is 3.64. The van der Waals surface area contributed by atoms with Crippen LogP contribution in [-0.2, 0) is 6.54 Å². The van der Waals surface area contributed by atoms with Crippen LogP contribution in [0.25, 0.3) is 0 Å². The van der Waals surface area contributed by atoms with Gasteiger partial charge in [0, 0.05) is 25.3 Å². The maximum atomic E-state index is 5.79. The Bertz CT molecular complexity index is 712. The Morgan fingerprint density at radius 3 is 1.96 bits per heavy atom. The maximum absolute atomic E-state index is 5.79. The third kappa shape index (κ3) is 5.14. The summed E-state index contributed by atoms with van der Waals surface area (Å²) in [5.74, 6) is 1.69. The summed E-state index contributed by atoms with van der Waals surface area (Å²) >= 11 is 0. The summed E-state index contributed by atoms with van der Waals surface area (Å²) in [6, 6.07) is 28.3. The van der Waals surface area contributed by atoms with Crippen molar-refractivity contribution >= 4 is 5.69 Å². The molecule has 0 bridgehead atoms. The Kier molecular flexibility index (Phi) is 5.87. The number of para-hydroxylation sites is 1. The molecular formula is C21H22N2O. The Hall–Kier alpha value is -2.78. The molecule has 3 aromatic carbocycles. The van der Waals surface area contributed by atoms with Gasteiger partial charge in [0.2, 0.25) is 0 Å². The number of nitrogens with one attached hydrogen (secondary N) is 2. The summed E-state index contributed by atoms with van der Waals surface area (Å²) < 4.78 is 5.79. The largest absolute Gasteiger partial charge is 0.457 e. The van der Waals surface area contributed by atoms with Gasteiger partial charge in [0.1, 0.15) is 11.5 Å². The van der Waals surface area contributed by atoms with Crippen molar-refractivity contribution in [3.8, 4) is 11.5 Å². The molecule has 122 valence electrons. The van der Waals surface area contributed by atoms with E-state index >= 15 is 0 Å². The number of hydrogen-bond donors (Lipinski definition) is 2. The highest BCUT2D eigenvalue weighted by atomic mass is 16.5. The lowest BCUT2D eigenvalue weighted by molar-refractivity contribution is 0.483. The molecule has 3 nitrogen and oxygen atoms in total. The molecule has 0 heterocycles. The van der Waals surface area contributed by atoms with E-state index in [1.165, 1.54) is 5.56 Å². The van der Waals surface area contributed by atoms with Crippen LogP contribution in [0.5, 0.6) is 11.5 Å². The fraction of sp³-hybridized carbons (Fsp3) is 0.143. The molecular weight excluding hydrogens is 296 g/mol. The number of rotatable bonds is 8. The molecule has 2 N–H and O–H groups in total. The normalized spacial score (nSPS) is 10.3. The monoisotopic (exact) mass is 318 g/mol. The molecule has 3 heteroatoms. The van der Waals surface area contributed by atoms with Crippen molar-refractivity contribution in [3.05, 3.63) is 90.5 Å². The Morgan fingerprint density at radius 1 is 0.625 bits per heavy atom. The zero-order chi connectivity index (χ0) is 16.5. The van der Waals surface area contributed by atoms with Crippen LogP contribution in [0, 0.1) is 0 Å². The van der Waals surface area contributed by atoms with Crippen LogP contribution in [-0.4, -0.2) is 13.1 Å². The van der Waals surface area contributed by atoms with Gasteiger partial charge in [-0.1, -0.05) is 48.5 Å². The molecule has 24 heavy (non-hydrogen) atoms. The summed E-state index contributed by atoms with van der Waals surface area (Å²) in [7, 11) is 0. The van der Waals surface area contributed by atoms with Crippen molar-refractivity contribution in [3.63, 3.8) is 0 Å². The zero-order valence-corrected chi connectivity index (χ0v) is 13.6. The summed E-state index contributed by atoms with van der Waals surface area (Å²) in [5, 5.41) is 6.83. The molecule has 0 saturated heterocycles. The molecule has 0 unspecified atom stereocenters. The van der Waals surface area contributed by atoms with Crippen LogP contribution in [0.2, 0.25) is 0 Å². The smallest absolute Gasteiger partial charge is 0.127 e. The van der Waals surface area contributed by atoms with Gasteiger partial charge < -0.3 is 15.4 Å². The second kappa shape index (κ2) is 8.75. The molecule has 0 spiro atoms. The molecule has 0 aliphatic carbocycles. The van der Waals surface area contributed by atoms with E-state index in [0.717, 1.165) is 36.8 Å². The van der Waals surface area contributed by atoms with Gasteiger partial charge in [-0.2, -0.15) is 0 Å². The number of anilines is 1. The quantitative estimate of drug-likeness (QED) is 0.592. The van der Waals surface area contributed by atoms with Crippen LogP contribution in [0.1, 0.15) is 5.56 Å². The van der Waals surface area contributed by atoms with Gasteiger partial charge in [-0.3, -0.25) is 0 Å². The molecule has 0 aliphatic heterocycles. The first-order valence-corrected chi connectivity index (χ1v) is 8.22. The number of hydrogen-bond acceptors (Lipinski definition) is 3. The van der Waals surface area contributed by atoms with E-state index in [9.17, 15) is 0 Å². The molecule has 0 radical (unpaired) electrons. The molecule has 0 atom stereocenters. The van der Waals surface area contributed by atoms with Gasteiger partial charge in [0.15, 0.2) is 0 Å². The van der Waals surface area contributed by atoms with Crippen molar-refractivity contribution < 1.29 is 4.74 Å². The Balaban J connectivity index is 1.38. The number of ether oxygens (including phenoxy) is 1. The average molecular weight is 318 g/mol. The van der Waals surface area contributed by atoms with Gasteiger partial charge in [0.05, 0.1) is 0 Å². The van der Waals surface area contributed by atoms with Crippen molar-refractivity contribution in [1.82, 2.24) is 5.32 Å². The first-order valence-electron chi connectivity index (χ1n) is 8.22. The van der Waals surface area contributed by atoms with Crippen LogP contribution in [0.4, 0.5) is 5.69 Å². The molecule has 3 aromatic rings. The van der Waals surface area contributed by atoms with Crippen LogP contribution in [0.15, 0.2) is 84.9 Å². The highest BCUT2D eigenvalue weighted by molar-refractivity contribution is 5.47. The highest BCUT2D eigenvalue weighted by Gasteiger charge is 1.97. The molecule has 0 amide bonds. The molecule has 0 aromatic heterocycles. The first-order chi connectivity index (χ1) is 11.9. The van der Waals surface area contributed by atoms with Crippen molar-refractivity contribution in [2.75, 3.05) is 18.4 Å². The van der Waals surface area contributed by atoms with Gasteiger partial charge >= 0.3 is 0 Å². The van der Waals surface area contributed by atoms with Crippen molar-refractivity contribution in [2.24, 2.45) is 0 Å². The summed E-state index contributed by atoms with van der Waals surface area (Å²) in [6.45, 7) is 2.69. The lowest BCUT2D eigenvalue weighted by atomic mass is 10.2. The Labute approximate surface area is 143 Å². The molecule has 3 rings (SSSR count). The average Bonchev–Trinajstić information content (AvgIpc) is 2.65. The van der Waals surface area contributed by atoms with Crippen molar-refractivity contribution in [2.45, 2.75) is 6.54 Å². The van der Waals surface area contributed by atoms with E-state index in [0.29, 0.717) is 0 Å². The fourth-order valence-electron chi connectivity index (χ4n) is 2.39. The second-order valence-corrected chi connectivity index (χ2v) is 5.53. The minimum atomic E-state index is 0.842. The van der Waals surface area contributed by atoms with Crippen molar-refractivity contribution in [1.29, 1.82) is 0 Å². The second-order valence-electron chi connectivity index (χ2n) is 5.53. The lowest BCUT2D eigenvalue weighted by Gasteiger charge is -2.09. The third-order valence-electron chi connectivity index (χ3n) is 3.64. The van der Waals surface area contributed by atoms with Crippen LogP contribution in [0.3, 0.4) is 0 Å². The van der Waals surface area contributed by atoms with E-state index in [4.69, 9.17) is 4.74 Å². The highest BCUT2D eigenvalue weighted by Crippen LogP contribution is 2.22. The SMILES string of the molecule is c1ccc(CNCCNc2ccc(Oc3ccccc3)cc2)cc1. The van der Waals surface area contributed by atoms with Gasteiger partial charge in [-0.05, 0) is 42.0 Å². The van der Waals surface area contributed by atoms with E-state index in [2.05, 4.69) is 34.9 Å². The molecule has 0 fully saturated rings. The van der Waals surface area contributed by atoms with Gasteiger partial charge in [0.25, 0.3) is 0 Å². The van der Waals surface area contributed by atoms with Crippen LogP contribution < -0.4 is 15.4 Å².